The molecule has 0 amide bonds. The van der Waals surface area contributed by atoms with Gasteiger partial charge in [-0.1, -0.05) is 84.9 Å². The molecule has 0 heterocycles. The van der Waals surface area contributed by atoms with E-state index in [1.54, 1.807) is 0 Å². The minimum Gasteiger partial charge on any atom is -0.271 e. The summed E-state index contributed by atoms with van der Waals surface area (Å²) in [5, 5.41) is 1.98. The lowest BCUT2D eigenvalue weighted by Crippen LogP contribution is -1.83. The summed E-state index contributed by atoms with van der Waals surface area (Å²) >= 11 is 13.8. The van der Waals surface area contributed by atoms with Crippen molar-refractivity contribution >= 4 is 60.5 Å². The predicted octanol–water partition coefficient (Wildman–Crippen LogP) is 8.47. The molecular weight excluding hydrogens is 394 g/mol. The van der Waals surface area contributed by atoms with Crippen molar-refractivity contribution in [1.82, 2.24) is 0 Å². The van der Waals surface area contributed by atoms with Crippen LogP contribution in [0, 0.1) is 0 Å². The number of benzene rings is 4. The first kappa shape index (κ1) is 18.3. The van der Waals surface area contributed by atoms with Gasteiger partial charge in [-0.2, -0.15) is 0 Å². The minimum atomic E-state index is -3.22. The zero-order chi connectivity index (χ0) is 17.9. The molecule has 0 N–H and O–H groups in total. The molecular formula is C20H14Cl3OP. The van der Waals surface area contributed by atoms with Gasteiger partial charge in [-0.3, -0.25) is 4.57 Å². The fourth-order valence-electron chi connectivity index (χ4n) is 2.92. The van der Waals surface area contributed by atoms with Gasteiger partial charge >= 0.3 is 5.20 Å². The highest BCUT2D eigenvalue weighted by Crippen LogP contribution is 2.61. The Morgan fingerprint density at radius 1 is 0.520 bits per heavy atom. The van der Waals surface area contributed by atoms with Gasteiger partial charge in [0.05, 0.1) is 0 Å². The minimum absolute atomic E-state index is 1.29. The molecule has 0 aliphatic heterocycles. The maximum Gasteiger partial charge on any atom is 0.339 e. The van der Waals surface area contributed by atoms with Crippen LogP contribution in [0.5, 0.6) is 0 Å². The Bertz CT molecular complexity index is 976. The Kier molecular flexibility index (Phi) is 5.71. The second kappa shape index (κ2) is 7.81. The maximum atomic E-state index is 9.51. The first-order valence-corrected chi connectivity index (χ1v) is 12.0. The number of halogens is 3. The van der Waals surface area contributed by atoms with Crippen LogP contribution in [0.2, 0.25) is 0 Å². The van der Waals surface area contributed by atoms with Gasteiger partial charge in [0.2, 0.25) is 0 Å². The van der Waals surface area contributed by atoms with Crippen LogP contribution in [0.25, 0.3) is 32.7 Å². The van der Waals surface area contributed by atoms with Crippen molar-refractivity contribution in [2.75, 3.05) is 0 Å². The lowest BCUT2D eigenvalue weighted by Gasteiger charge is -2.10. The molecule has 0 saturated heterocycles. The topological polar surface area (TPSA) is 17.1 Å². The summed E-state index contributed by atoms with van der Waals surface area (Å²) in [6.45, 7) is 0. The smallest absolute Gasteiger partial charge is 0.271 e. The molecule has 0 saturated carbocycles. The third-order valence-corrected chi connectivity index (χ3v) is 3.87. The second-order valence-electron chi connectivity index (χ2n) is 5.45. The molecule has 0 fully saturated rings. The summed E-state index contributed by atoms with van der Waals surface area (Å²) in [7, 11) is 0. The van der Waals surface area contributed by atoms with Crippen LogP contribution in [-0.2, 0) is 4.57 Å². The van der Waals surface area contributed by atoms with E-state index in [2.05, 4.69) is 119 Å². The van der Waals surface area contributed by atoms with Crippen LogP contribution in [0.15, 0.2) is 84.9 Å². The molecule has 0 aliphatic carbocycles. The first-order valence-electron chi connectivity index (χ1n) is 7.58. The van der Waals surface area contributed by atoms with E-state index in [0.29, 0.717) is 0 Å². The van der Waals surface area contributed by atoms with E-state index >= 15 is 0 Å². The Morgan fingerprint density at radius 2 is 0.840 bits per heavy atom. The molecule has 0 aromatic heterocycles. The monoisotopic (exact) mass is 406 g/mol. The Hall–Kier alpha value is -1.50. The molecule has 126 valence electrons. The van der Waals surface area contributed by atoms with Crippen LogP contribution >= 0.6 is 38.9 Å². The predicted molar refractivity (Wildman–Crippen MR) is 112 cm³/mol. The number of rotatable bonds is 1. The quantitative estimate of drug-likeness (QED) is 0.289. The molecule has 0 unspecified atom stereocenters. The first-order chi connectivity index (χ1) is 11.9. The fourth-order valence-corrected chi connectivity index (χ4v) is 2.92. The summed E-state index contributed by atoms with van der Waals surface area (Å²) in [5.74, 6) is 0. The van der Waals surface area contributed by atoms with Gasteiger partial charge in [0.1, 0.15) is 0 Å². The van der Waals surface area contributed by atoms with Crippen LogP contribution in [-0.4, -0.2) is 0 Å². The molecule has 5 heteroatoms. The van der Waals surface area contributed by atoms with E-state index in [0.717, 1.165) is 0 Å². The van der Waals surface area contributed by atoms with Crippen LogP contribution in [0.1, 0.15) is 0 Å². The highest BCUT2D eigenvalue weighted by molar-refractivity contribution is 8.24. The molecule has 0 aliphatic rings. The molecule has 0 atom stereocenters. The zero-order valence-corrected chi connectivity index (χ0v) is 16.2. The molecule has 25 heavy (non-hydrogen) atoms. The van der Waals surface area contributed by atoms with Crippen molar-refractivity contribution in [3.05, 3.63) is 84.9 Å². The van der Waals surface area contributed by atoms with Crippen LogP contribution in [0.4, 0.5) is 0 Å². The van der Waals surface area contributed by atoms with E-state index in [9.17, 15) is 4.57 Å². The molecule has 0 spiro atoms. The average Bonchev–Trinajstić information content (AvgIpc) is 2.59. The molecule has 0 bridgehead atoms. The fraction of sp³-hybridized carbons (Fsp3) is 0. The summed E-state index contributed by atoms with van der Waals surface area (Å²) < 4.78 is 9.51. The Morgan fingerprint density at radius 3 is 1.24 bits per heavy atom. The average molecular weight is 408 g/mol. The molecule has 4 aromatic rings. The van der Waals surface area contributed by atoms with E-state index < -0.39 is 5.20 Å². The van der Waals surface area contributed by atoms with Gasteiger partial charge in [0.15, 0.2) is 0 Å². The Balaban J connectivity index is 0.000000324. The van der Waals surface area contributed by atoms with Crippen molar-refractivity contribution in [2.24, 2.45) is 0 Å². The summed E-state index contributed by atoms with van der Waals surface area (Å²) in [5.41, 5.74) is 2.61. The zero-order valence-electron chi connectivity index (χ0n) is 13.1. The summed E-state index contributed by atoms with van der Waals surface area (Å²) in [4.78, 5) is 0. The van der Waals surface area contributed by atoms with Gasteiger partial charge in [0.25, 0.3) is 0 Å². The number of hydrogen-bond acceptors (Lipinski definition) is 1. The lowest BCUT2D eigenvalue weighted by molar-refractivity contribution is 0.600. The van der Waals surface area contributed by atoms with E-state index in [4.69, 9.17) is 0 Å². The molecule has 4 aromatic carbocycles. The maximum absolute atomic E-state index is 9.51. The Labute approximate surface area is 160 Å². The van der Waals surface area contributed by atoms with Gasteiger partial charge in [0, 0.05) is 0 Å². The standard InChI is InChI=1S/C20H14.Cl3OP/c1-3-11-17-15(7-1)9-5-13-19(17)20-14-6-10-16-8-2-4-12-18(16)20;1-5(2,3)4/h1-14H;. The van der Waals surface area contributed by atoms with E-state index in [1.165, 1.54) is 32.7 Å². The lowest BCUT2D eigenvalue weighted by atomic mass is 9.94. The van der Waals surface area contributed by atoms with Crippen LogP contribution < -0.4 is 0 Å². The van der Waals surface area contributed by atoms with Crippen molar-refractivity contribution in [3.63, 3.8) is 0 Å². The van der Waals surface area contributed by atoms with Gasteiger partial charge in [-0.15, -0.1) is 0 Å². The van der Waals surface area contributed by atoms with Crippen molar-refractivity contribution in [2.45, 2.75) is 0 Å². The number of hydrogen-bond donors (Lipinski definition) is 0. The van der Waals surface area contributed by atoms with Crippen molar-refractivity contribution in [3.8, 4) is 11.1 Å². The number of fused-ring (bicyclic) bond motifs is 2. The largest absolute Gasteiger partial charge is 0.339 e. The van der Waals surface area contributed by atoms with Crippen molar-refractivity contribution in [1.29, 1.82) is 0 Å². The van der Waals surface area contributed by atoms with Crippen LogP contribution in [0.3, 0.4) is 0 Å². The third kappa shape index (κ3) is 4.77. The SMILES string of the molecule is O=P(Cl)(Cl)Cl.c1ccc2c(-c3cccc4ccccc34)cccc2c1. The molecule has 1 nitrogen and oxygen atoms in total. The third-order valence-electron chi connectivity index (χ3n) is 3.87. The second-order valence-corrected chi connectivity index (χ2v) is 12.1. The van der Waals surface area contributed by atoms with Crippen molar-refractivity contribution < 1.29 is 4.57 Å². The van der Waals surface area contributed by atoms with Gasteiger partial charge < -0.3 is 0 Å². The summed E-state index contributed by atoms with van der Waals surface area (Å²) in [6.07, 6.45) is 0. The summed E-state index contributed by atoms with van der Waals surface area (Å²) in [6, 6.07) is 30.2. The highest BCUT2D eigenvalue weighted by Gasteiger charge is 2.06. The normalized spacial score (nSPS) is 11.2. The molecule has 4 rings (SSSR count). The van der Waals surface area contributed by atoms with E-state index in [-0.39, 0.29) is 0 Å². The highest BCUT2D eigenvalue weighted by atomic mass is 36.0. The molecule has 0 radical (unpaired) electrons. The van der Waals surface area contributed by atoms with Gasteiger partial charge in [-0.05, 0) is 66.4 Å². The van der Waals surface area contributed by atoms with Gasteiger partial charge in [-0.25, -0.2) is 0 Å². The van der Waals surface area contributed by atoms with E-state index in [1.807, 2.05) is 0 Å².